The Morgan fingerprint density at radius 1 is 1.05 bits per heavy atom. The van der Waals surface area contributed by atoms with E-state index in [1.807, 2.05) is 30.5 Å². The number of aryl methyl sites for hydroxylation is 2. The van der Waals surface area contributed by atoms with Crippen LogP contribution in [-0.4, -0.2) is 55.0 Å². The third kappa shape index (κ3) is 5.14. The van der Waals surface area contributed by atoms with Crippen molar-refractivity contribution in [2.45, 2.75) is 19.3 Å². The van der Waals surface area contributed by atoms with E-state index in [2.05, 4.69) is 41.1 Å². The zero-order valence-electron chi connectivity index (χ0n) is 20.2. The van der Waals surface area contributed by atoms with E-state index in [0.29, 0.717) is 48.4 Å². The smallest absolute Gasteiger partial charge is 0.271 e. The van der Waals surface area contributed by atoms with Gasteiger partial charge in [-0.2, -0.15) is 10.1 Å². The number of carbonyl (C=O) groups excluding carboxylic acids is 2. The number of likely N-dealkylation sites (tertiary alicyclic amines) is 1. The second-order valence-corrected chi connectivity index (χ2v) is 9.80. The standard InChI is InChI=1S/C26H24ClN9O2/c27-20-12-29-26-32-19-7-15(10-28-11-19)1-2-17-9-18(31-24(20)34-26)3-4-21(17)33-23(37)8-16-13-36(14-16)25(38)22-5-6-30-35-22/h3-7,9-12,16H,1-2,8,13-14H2,(H,30,35)(H,33,37)(H2,29,31,32,34). The lowest BCUT2D eigenvalue weighted by Gasteiger charge is -2.38. The summed E-state index contributed by atoms with van der Waals surface area (Å²) in [5.74, 6) is 0.802. The maximum Gasteiger partial charge on any atom is 0.271 e. The highest BCUT2D eigenvalue weighted by Gasteiger charge is 2.33. The molecule has 4 aromatic rings. The Morgan fingerprint density at radius 2 is 1.95 bits per heavy atom. The number of anilines is 5. The highest BCUT2D eigenvalue weighted by atomic mass is 35.5. The van der Waals surface area contributed by atoms with Gasteiger partial charge in [-0.05, 0) is 54.3 Å². The molecule has 2 aliphatic rings. The summed E-state index contributed by atoms with van der Waals surface area (Å²) in [6.07, 6.45) is 8.37. The zero-order valence-corrected chi connectivity index (χ0v) is 21.0. The van der Waals surface area contributed by atoms with Crippen LogP contribution in [0.2, 0.25) is 5.02 Å². The second-order valence-electron chi connectivity index (χ2n) is 9.39. The highest BCUT2D eigenvalue weighted by molar-refractivity contribution is 6.32. The molecule has 12 heteroatoms. The quantitative estimate of drug-likeness (QED) is 0.311. The molecule has 11 nitrogen and oxygen atoms in total. The van der Waals surface area contributed by atoms with Gasteiger partial charge in [0.1, 0.15) is 10.7 Å². The molecule has 0 aliphatic carbocycles. The highest BCUT2D eigenvalue weighted by Crippen LogP contribution is 2.30. The van der Waals surface area contributed by atoms with Gasteiger partial charge in [0.25, 0.3) is 5.91 Å². The maximum atomic E-state index is 12.9. The number of fused-ring (bicyclic) bond motifs is 6. The van der Waals surface area contributed by atoms with Gasteiger partial charge in [-0.25, -0.2) is 4.98 Å². The van der Waals surface area contributed by atoms with E-state index in [1.54, 1.807) is 23.4 Å². The number of hydrogen-bond acceptors (Lipinski definition) is 8. The van der Waals surface area contributed by atoms with Crippen LogP contribution >= 0.6 is 11.6 Å². The number of carbonyl (C=O) groups is 2. The van der Waals surface area contributed by atoms with Gasteiger partial charge in [-0.15, -0.1) is 0 Å². The molecule has 1 saturated heterocycles. The first-order valence-corrected chi connectivity index (χ1v) is 12.6. The number of halogens is 1. The van der Waals surface area contributed by atoms with E-state index >= 15 is 0 Å². The molecule has 3 aromatic heterocycles. The van der Waals surface area contributed by atoms with E-state index in [4.69, 9.17) is 11.6 Å². The van der Waals surface area contributed by atoms with Gasteiger partial charge >= 0.3 is 0 Å². The molecule has 1 aromatic carbocycles. The van der Waals surface area contributed by atoms with Gasteiger partial charge in [0.05, 0.1) is 18.1 Å². The summed E-state index contributed by atoms with van der Waals surface area (Å²) < 4.78 is 0. The third-order valence-electron chi connectivity index (χ3n) is 6.57. The SMILES string of the molecule is O=C(CC1CN(C(=O)c2ccn[nH]2)C1)Nc1ccc2cc1CCc1cncc(c1)Nc1ncc(Cl)c(n1)N2. The van der Waals surface area contributed by atoms with E-state index < -0.39 is 0 Å². The van der Waals surface area contributed by atoms with Gasteiger partial charge in [0.15, 0.2) is 5.82 Å². The van der Waals surface area contributed by atoms with Gasteiger partial charge in [0.2, 0.25) is 11.9 Å². The summed E-state index contributed by atoms with van der Waals surface area (Å²) in [6.45, 7) is 1.08. The topological polar surface area (TPSA) is 141 Å². The molecule has 192 valence electrons. The van der Waals surface area contributed by atoms with Crippen molar-refractivity contribution in [1.82, 2.24) is 30.0 Å². The van der Waals surface area contributed by atoms with Crippen molar-refractivity contribution >= 4 is 52.2 Å². The predicted octanol–water partition coefficient (Wildman–Crippen LogP) is 3.93. The van der Waals surface area contributed by atoms with Crippen LogP contribution in [0.4, 0.5) is 28.8 Å². The molecule has 2 amide bonds. The Bertz CT molecular complexity index is 1500. The molecule has 0 saturated carbocycles. The normalized spacial score (nSPS) is 14.6. The first-order chi connectivity index (χ1) is 18.5. The first-order valence-electron chi connectivity index (χ1n) is 12.2. The number of rotatable bonds is 4. The fourth-order valence-corrected chi connectivity index (χ4v) is 4.76. The van der Waals surface area contributed by atoms with Gasteiger partial charge in [0, 0.05) is 49.2 Å². The lowest BCUT2D eigenvalue weighted by Crippen LogP contribution is -2.51. The molecule has 0 radical (unpaired) electrons. The van der Waals surface area contributed by atoms with Crippen molar-refractivity contribution < 1.29 is 9.59 Å². The van der Waals surface area contributed by atoms with Crippen LogP contribution in [0, 0.1) is 5.92 Å². The van der Waals surface area contributed by atoms with Crippen molar-refractivity contribution in [2.75, 3.05) is 29.0 Å². The van der Waals surface area contributed by atoms with E-state index in [1.165, 1.54) is 6.20 Å². The molecule has 6 bridgehead atoms. The Labute approximate surface area is 223 Å². The molecule has 38 heavy (non-hydrogen) atoms. The van der Waals surface area contributed by atoms with Crippen LogP contribution in [-0.2, 0) is 17.6 Å². The van der Waals surface area contributed by atoms with Gasteiger partial charge in [-0.3, -0.25) is 19.7 Å². The summed E-state index contributed by atoms with van der Waals surface area (Å²) in [5, 5.41) is 16.4. The molecule has 0 spiro atoms. The van der Waals surface area contributed by atoms with Crippen LogP contribution in [0.1, 0.15) is 28.0 Å². The number of benzene rings is 1. The molecular weight excluding hydrogens is 506 g/mol. The fraction of sp³-hybridized carbons (Fsp3) is 0.231. The van der Waals surface area contributed by atoms with Crippen LogP contribution in [0.15, 0.2) is 55.1 Å². The van der Waals surface area contributed by atoms with Crippen LogP contribution in [0.25, 0.3) is 0 Å². The third-order valence-corrected chi connectivity index (χ3v) is 6.85. The Kier molecular flexibility index (Phi) is 6.34. The number of H-pyrrole nitrogens is 1. The molecule has 4 N–H and O–H groups in total. The summed E-state index contributed by atoms with van der Waals surface area (Å²) in [4.78, 5) is 40.1. The molecule has 2 aliphatic heterocycles. The first kappa shape index (κ1) is 23.9. The molecule has 0 atom stereocenters. The maximum absolute atomic E-state index is 12.9. The number of aromatic nitrogens is 5. The van der Waals surface area contributed by atoms with Gasteiger partial charge < -0.3 is 20.9 Å². The summed E-state index contributed by atoms with van der Waals surface area (Å²) in [6, 6.07) is 9.40. The number of pyridine rings is 1. The van der Waals surface area contributed by atoms with Crippen molar-refractivity contribution in [2.24, 2.45) is 5.92 Å². The minimum atomic E-state index is -0.0989. The van der Waals surface area contributed by atoms with Crippen molar-refractivity contribution in [3.8, 4) is 0 Å². The number of hydrogen-bond donors (Lipinski definition) is 4. The number of nitrogens with zero attached hydrogens (tertiary/aromatic N) is 5. The van der Waals surface area contributed by atoms with Crippen LogP contribution in [0.3, 0.4) is 0 Å². The zero-order chi connectivity index (χ0) is 26.1. The van der Waals surface area contributed by atoms with Crippen LogP contribution in [0.5, 0.6) is 0 Å². The molecule has 1 fully saturated rings. The minimum Gasteiger partial charge on any atom is -0.339 e. The molecule has 5 heterocycles. The minimum absolute atomic E-state index is 0.0835. The predicted molar refractivity (Wildman–Crippen MR) is 143 cm³/mol. The summed E-state index contributed by atoms with van der Waals surface area (Å²) in [5.41, 5.74) is 4.78. The lowest BCUT2D eigenvalue weighted by molar-refractivity contribution is -0.118. The van der Waals surface area contributed by atoms with Gasteiger partial charge in [-0.1, -0.05) is 11.6 Å². The Balaban J connectivity index is 1.18. The molecule has 0 unspecified atom stereocenters. The Morgan fingerprint density at radius 3 is 2.79 bits per heavy atom. The van der Waals surface area contributed by atoms with E-state index in [-0.39, 0.29) is 17.7 Å². The van der Waals surface area contributed by atoms with E-state index in [9.17, 15) is 9.59 Å². The second kappa shape index (κ2) is 10.1. The average Bonchev–Trinajstić information content (AvgIpc) is 3.43. The average molecular weight is 530 g/mol. The van der Waals surface area contributed by atoms with Crippen molar-refractivity contribution in [3.05, 3.63) is 77.0 Å². The summed E-state index contributed by atoms with van der Waals surface area (Å²) in [7, 11) is 0. The summed E-state index contributed by atoms with van der Waals surface area (Å²) >= 11 is 6.35. The molecule has 6 rings (SSSR count). The fourth-order valence-electron chi connectivity index (χ4n) is 4.63. The number of amides is 2. The van der Waals surface area contributed by atoms with Crippen molar-refractivity contribution in [1.29, 1.82) is 0 Å². The monoisotopic (exact) mass is 529 g/mol. The van der Waals surface area contributed by atoms with Crippen LogP contribution < -0.4 is 16.0 Å². The van der Waals surface area contributed by atoms with Crippen molar-refractivity contribution in [3.63, 3.8) is 0 Å². The largest absolute Gasteiger partial charge is 0.339 e. The number of nitrogens with one attached hydrogen (secondary N) is 4. The molecular formula is C26H24ClN9O2. The number of aromatic amines is 1. The Hall–Kier alpha value is -4.51. The van der Waals surface area contributed by atoms with E-state index in [0.717, 1.165) is 34.6 Å². The lowest BCUT2D eigenvalue weighted by atomic mass is 9.95.